The lowest BCUT2D eigenvalue weighted by Crippen LogP contribution is -2.36. The Bertz CT molecular complexity index is 1470. The van der Waals surface area contributed by atoms with E-state index in [9.17, 15) is 8.42 Å². The van der Waals surface area contributed by atoms with Crippen molar-refractivity contribution in [3.05, 3.63) is 59.0 Å². The van der Waals surface area contributed by atoms with Crippen molar-refractivity contribution in [3.63, 3.8) is 0 Å². The molecule has 3 aromatic heterocycles. The number of rotatable bonds is 9. The SMILES string of the molecule is COc1cc(-c2c(Cl)ccn2S(=O)(=O)c2ccc(C)cc2)oc1-c1nnc(CCCN2CCOCC2)[nH]1. The second-order valence-electron chi connectivity index (χ2n) is 8.81. The van der Waals surface area contributed by atoms with E-state index in [1.165, 1.54) is 19.4 Å². The van der Waals surface area contributed by atoms with Crippen LogP contribution in [0.5, 0.6) is 5.75 Å². The van der Waals surface area contributed by atoms with E-state index >= 15 is 0 Å². The molecule has 1 saturated heterocycles. The van der Waals surface area contributed by atoms with Gasteiger partial charge in [-0.3, -0.25) is 4.90 Å². The number of nitrogens with zero attached hydrogens (tertiary/aromatic N) is 4. The third-order valence-corrected chi connectivity index (χ3v) is 8.27. The molecule has 10 nitrogen and oxygen atoms in total. The third-order valence-electron chi connectivity index (χ3n) is 6.27. The minimum Gasteiger partial charge on any atom is -0.493 e. The smallest absolute Gasteiger partial charge is 0.268 e. The van der Waals surface area contributed by atoms with E-state index in [1.54, 1.807) is 30.3 Å². The summed E-state index contributed by atoms with van der Waals surface area (Å²) in [4.78, 5) is 5.70. The van der Waals surface area contributed by atoms with Gasteiger partial charge in [0, 0.05) is 31.8 Å². The molecular weight excluding hydrogens is 518 g/mol. The summed E-state index contributed by atoms with van der Waals surface area (Å²) in [5, 5.41) is 8.71. The molecule has 1 aliphatic rings. The van der Waals surface area contributed by atoms with Gasteiger partial charge in [-0.25, -0.2) is 12.4 Å². The summed E-state index contributed by atoms with van der Waals surface area (Å²) in [6, 6.07) is 9.72. The molecule has 1 aliphatic heterocycles. The largest absolute Gasteiger partial charge is 0.493 e. The van der Waals surface area contributed by atoms with E-state index < -0.39 is 10.0 Å². The molecule has 0 aliphatic carbocycles. The molecule has 0 amide bonds. The minimum absolute atomic E-state index is 0.141. The Kier molecular flexibility index (Phi) is 7.38. The number of H-pyrrole nitrogens is 1. The number of furan rings is 1. The molecule has 1 aromatic carbocycles. The molecule has 1 fully saturated rings. The highest BCUT2D eigenvalue weighted by Gasteiger charge is 2.27. The maximum Gasteiger partial charge on any atom is 0.268 e. The molecule has 12 heteroatoms. The van der Waals surface area contributed by atoms with Crippen molar-refractivity contribution in [1.82, 2.24) is 24.1 Å². The van der Waals surface area contributed by atoms with Crippen molar-refractivity contribution in [2.24, 2.45) is 0 Å². The fourth-order valence-electron chi connectivity index (χ4n) is 4.26. The Balaban J connectivity index is 1.40. The number of benzene rings is 1. The van der Waals surface area contributed by atoms with Gasteiger partial charge in [0.2, 0.25) is 11.6 Å². The van der Waals surface area contributed by atoms with Gasteiger partial charge in [-0.15, -0.1) is 10.2 Å². The van der Waals surface area contributed by atoms with E-state index in [0.29, 0.717) is 17.3 Å². The average molecular weight is 546 g/mol. The zero-order chi connectivity index (χ0) is 26.0. The number of hydrogen-bond acceptors (Lipinski definition) is 8. The predicted octanol–water partition coefficient (Wildman–Crippen LogP) is 4.01. The monoisotopic (exact) mass is 545 g/mol. The van der Waals surface area contributed by atoms with E-state index in [1.807, 2.05) is 6.92 Å². The molecule has 0 spiro atoms. The number of ether oxygens (including phenoxy) is 2. The quantitative estimate of drug-likeness (QED) is 0.335. The van der Waals surface area contributed by atoms with Gasteiger partial charge in [0.25, 0.3) is 10.0 Å². The average Bonchev–Trinajstić information content (AvgIpc) is 3.63. The first-order valence-corrected chi connectivity index (χ1v) is 13.8. The Morgan fingerprint density at radius 3 is 2.62 bits per heavy atom. The van der Waals surface area contributed by atoms with E-state index in [4.69, 9.17) is 25.5 Å². The normalized spacial score (nSPS) is 14.8. The van der Waals surface area contributed by atoms with Crippen molar-refractivity contribution >= 4 is 21.6 Å². The minimum atomic E-state index is -3.92. The lowest BCUT2D eigenvalue weighted by Gasteiger charge is -2.26. The van der Waals surface area contributed by atoms with Crippen LogP contribution in [0.15, 0.2) is 51.9 Å². The molecule has 0 bridgehead atoms. The van der Waals surface area contributed by atoms with Crippen LogP contribution < -0.4 is 4.74 Å². The van der Waals surface area contributed by atoms with Gasteiger partial charge >= 0.3 is 0 Å². The predicted molar refractivity (Wildman–Crippen MR) is 138 cm³/mol. The van der Waals surface area contributed by atoms with Crippen LogP contribution >= 0.6 is 11.6 Å². The number of methoxy groups -OCH3 is 1. The molecular formula is C25H28ClN5O5S. The fraction of sp³-hybridized carbons (Fsp3) is 0.360. The van der Waals surface area contributed by atoms with Crippen molar-refractivity contribution < 1.29 is 22.3 Å². The van der Waals surface area contributed by atoms with E-state index in [2.05, 4.69) is 20.1 Å². The van der Waals surface area contributed by atoms with Crippen molar-refractivity contribution in [2.45, 2.75) is 24.7 Å². The standard InChI is InChI=1S/C25H28ClN5O5S/c1-17-5-7-18(8-6-17)37(32,33)31-11-9-19(26)23(31)20-16-21(34-2)24(36-20)25-27-22(28-29-25)4-3-10-30-12-14-35-15-13-30/h5-9,11,16H,3-4,10,12-15H2,1-2H3,(H,27,28,29). The number of aryl methyl sites for hydroxylation is 2. The van der Waals surface area contributed by atoms with Crippen molar-refractivity contribution in [2.75, 3.05) is 40.0 Å². The van der Waals surface area contributed by atoms with Crippen molar-refractivity contribution in [1.29, 1.82) is 0 Å². The highest BCUT2D eigenvalue weighted by Crippen LogP contribution is 2.40. The third kappa shape index (κ3) is 5.30. The molecule has 1 N–H and O–H groups in total. The summed E-state index contributed by atoms with van der Waals surface area (Å²) in [6.45, 7) is 6.28. The van der Waals surface area contributed by atoms with Gasteiger partial charge in [-0.05, 0) is 38.1 Å². The molecule has 37 heavy (non-hydrogen) atoms. The molecule has 196 valence electrons. The van der Waals surface area contributed by atoms with Gasteiger partial charge < -0.3 is 18.9 Å². The van der Waals surface area contributed by atoms with Crippen LogP contribution in [-0.4, -0.2) is 72.4 Å². The zero-order valence-electron chi connectivity index (χ0n) is 20.6. The summed E-state index contributed by atoms with van der Waals surface area (Å²) >= 11 is 6.44. The maximum absolute atomic E-state index is 13.4. The van der Waals surface area contributed by atoms with Crippen LogP contribution in [0.25, 0.3) is 23.0 Å². The number of aromatic nitrogens is 4. The second-order valence-corrected chi connectivity index (χ2v) is 11.0. The van der Waals surface area contributed by atoms with Gasteiger partial charge in [-0.2, -0.15) is 0 Å². The van der Waals surface area contributed by atoms with Gasteiger partial charge in [0.1, 0.15) is 11.5 Å². The first-order valence-electron chi connectivity index (χ1n) is 12.0. The summed E-state index contributed by atoms with van der Waals surface area (Å²) < 4.78 is 44.9. The molecule has 0 atom stereocenters. The Morgan fingerprint density at radius 1 is 1.14 bits per heavy atom. The van der Waals surface area contributed by atoms with Gasteiger partial charge in [-0.1, -0.05) is 29.3 Å². The first kappa shape index (κ1) is 25.5. The highest BCUT2D eigenvalue weighted by molar-refractivity contribution is 7.90. The maximum atomic E-state index is 13.4. The molecule has 0 saturated carbocycles. The van der Waals surface area contributed by atoms with Gasteiger partial charge in [0.15, 0.2) is 11.5 Å². The zero-order valence-corrected chi connectivity index (χ0v) is 22.2. The summed E-state index contributed by atoms with van der Waals surface area (Å²) in [7, 11) is -2.42. The van der Waals surface area contributed by atoms with E-state index in [-0.39, 0.29) is 21.4 Å². The highest BCUT2D eigenvalue weighted by atomic mass is 35.5. The molecule has 5 rings (SSSR count). The Hall–Kier alpha value is -3.12. The Morgan fingerprint density at radius 2 is 1.89 bits per heavy atom. The van der Waals surface area contributed by atoms with Crippen LogP contribution in [-0.2, 0) is 21.2 Å². The number of hydrogen-bond donors (Lipinski definition) is 1. The number of morpholine rings is 1. The summed E-state index contributed by atoms with van der Waals surface area (Å²) in [5.74, 6) is 2.03. The molecule has 0 radical (unpaired) electrons. The van der Waals surface area contributed by atoms with Crippen LogP contribution in [0.2, 0.25) is 5.02 Å². The summed E-state index contributed by atoms with van der Waals surface area (Å²) in [6.07, 6.45) is 3.06. The number of nitrogens with one attached hydrogen (secondary N) is 1. The molecule has 4 heterocycles. The molecule has 0 unspecified atom stereocenters. The fourth-order valence-corrected chi connectivity index (χ4v) is 5.90. The van der Waals surface area contributed by atoms with Crippen LogP contribution in [0.1, 0.15) is 17.8 Å². The summed E-state index contributed by atoms with van der Waals surface area (Å²) in [5.41, 5.74) is 1.15. The first-order chi connectivity index (χ1) is 17.9. The molecule has 4 aromatic rings. The van der Waals surface area contributed by atoms with Crippen LogP contribution in [0, 0.1) is 6.92 Å². The lowest BCUT2D eigenvalue weighted by atomic mass is 10.2. The lowest BCUT2D eigenvalue weighted by molar-refractivity contribution is 0.0374. The number of aromatic amines is 1. The van der Waals surface area contributed by atoms with Crippen LogP contribution in [0.3, 0.4) is 0 Å². The topological polar surface area (TPSA) is 115 Å². The van der Waals surface area contributed by atoms with Gasteiger partial charge in [0.05, 0.1) is 30.2 Å². The van der Waals surface area contributed by atoms with Crippen LogP contribution in [0.4, 0.5) is 0 Å². The number of halogens is 1. The second kappa shape index (κ2) is 10.7. The van der Waals surface area contributed by atoms with E-state index in [0.717, 1.165) is 61.0 Å². The van der Waals surface area contributed by atoms with Crippen molar-refractivity contribution in [3.8, 4) is 28.8 Å². The Labute approximate surface area is 220 Å².